The Labute approximate surface area is 241 Å². The van der Waals surface area contributed by atoms with Crippen molar-refractivity contribution in [3.05, 3.63) is 42.1 Å². The number of likely N-dealkylation sites (tertiary alicyclic amines) is 1. The average Bonchev–Trinajstić information content (AvgIpc) is 3.67. The molecule has 0 aliphatic carbocycles. The highest BCUT2D eigenvalue weighted by Gasteiger charge is 2.31. The van der Waals surface area contributed by atoms with Crippen LogP contribution < -0.4 is 4.74 Å². The van der Waals surface area contributed by atoms with Gasteiger partial charge in [0.15, 0.2) is 5.82 Å². The molecule has 3 aromatic heterocycles. The van der Waals surface area contributed by atoms with Gasteiger partial charge in [0.1, 0.15) is 29.7 Å². The summed E-state index contributed by atoms with van der Waals surface area (Å²) in [5, 5.41) is 9.33. The first-order chi connectivity index (χ1) is 20.0. The van der Waals surface area contributed by atoms with Gasteiger partial charge in [0.25, 0.3) is 0 Å². The first-order valence-electron chi connectivity index (χ1n) is 15.1. The molecule has 1 unspecified atom stereocenters. The minimum Gasteiger partial charge on any atom is -0.491 e. The highest BCUT2D eigenvalue weighted by molar-refractivity contribution is 5.76. The maximum atomic E-state index is 6.31. The maximum absolute atomic E-state index is 6.31. The predicted octanol–water partition coefficient (Wildman–Crippen LogP) is 4.85. The van der Waals surface area contributed by atoms with Crippen molar-refractivity contribution in [3.63, 3.8) is 0 Å². The second-order valence-electron chi connectivity index (χ2n) is 12.0. The first kappa shape index (κ1) is 26.4. The zero-order valence-electron chi connectivity index (χ0n) is 24.6. The van der Waals surface area contributed by atoms with Crippen LogP contribution in [-0.4, -0.2) is 77.9 Å². The fraction of sp³-hybridized carbons (Fsp3) is 0.548. The molecule has 3 aliphatic rings. The van der Waals surface area contributed by atoms with Gasteiger partial charge >= 0.3 is 0 Å². The average molecular weight is 557 g/mol. The minimum atomic E-state index is 0.201. The number of aryl methyl sites for hydroxylation is 2. The van der Waals surface area contributed by atoms with Crippen LogP contribution in [0.4, 0.5) is 0 Å². The number of hydrogen-bond acceptors (Lipinski definition) is 7. The quantitative estimate of drug-likeness (QED) is 0.347. The van der Waals surface area contributed by atoms with Crippen LogP contribution in [0.2, 0.25) is 0 Å². The molecule has 0 N–H and O–H groups in total. The van der Waals surface area contributed by atoms with E-state index < -0.39 is 0 Å². The van der Waals surface area contributed by atoms with Crippen molar-refractivity contribution in [2.24, 2.45) is 7.05 Å². The lowest BCUT2D eigenvalue weighted by Crippen LogP contribution is -2.44. The lowest BCUT2D eigenvalue weighted by molar-refractivity contribution is 0.0236. The van der Waals surface area contributed by atoms with Gasteiger partial charge in [-0.3, -0.25) is 9.58 Å². The van der Waals surface area contributed by atoms with E-state index in [1.54, 1.807) is 0 Å². The Kier molecular flexibility index (Phi) is 6.90. The van der Waals surface area contributed by atoms with Crippen LogP contribution >= 0.6 is 0 Å². The number of piperidine rings is 1. The van der Waals surface area contributed by atoms with E-state index in [9.17, 15) is 0 Å². The third-order valence-electron chi connectivity index (χ3n) is 8.89. The van der Waals surface area contributed by atoms with E-state index >= 15 is 0 Å². The summed E-state index contributed by atoms with van der Waals surface area (Å²) in [4.78, 5) is 12.5. The molecule has 2 saturated heterocycles. The fourth-order valence-electron chi connectivity index (χ4n) is 6.89. The molecule has 0 amide bonds. The number of imidazole rings is 1. The second kappa shape index (κ2) is 10.7. The van der Waals surface area contributed by atoms with Gasteiger partial charge in [-0.15, -0.1) is 0 Å². The molecule has 1 atom stereocenters. The molecule has 4 aromatic rings. The van der Waals surface area contributed by atoms with Gasteiger partial charge in [-0.1, -0.05) is 6.07 Å². The third kappa shape index (κ3) is 4.86. The van der Waals surface area contributed by atoms with Crippen LogP contribution in [0.3, 0.4) is 0 Å². The summed E-state index contributed by atoms with van der Waals surface area (Å²) in [7, 11) is 2.09. The van der Waals surface area contributed by atoms with Crippen LogP contribution in [0.1, 0.15) is 63.0 Å². The van der Waals surface area contributed by atoms with E-state index in [1.165, 1.54) is 30.6 Å². The molecular formula is C31H40N8O2. The van der Waals surface area contributed by atoms with Crippen LogP contribution in [0.5, 0.6) is 5.75 Å². The largest absolute Gasteiger partial charge is 0.491 e. The molecular weight excluding hydrogens is 516 g/mol. The monoisotopic (exact) mass is 556 g/mol. The van der Waals surface area contributed by atoms with Crippen molar-refractivity contribution in [2.75, 3.05) is 32.9 Å². The Balaban J connectivity index is 1.21. The molecule has 216 valence electrons. The van der Waals surface area contributed by atoms with E-state index in [4.69, 9.17) is 24.5 Å². The smallest absolute Gasteiger partial charge is 0.178 e. The van der Waals surface area contributed by atoms with Gasteiger partial charge < -0.3 is 14.0 Å². The summed E-state index contributed by atoms with van der Waals surface area (Å²) in [5.74, 6) is 3.78. The summed E-state index contributed by atoms with van der Waals surface area (Å²) in [6, 6.07) is 7.37. The van der Waals surface area contributed by atoms with Crippen LogP contribution in [-0.2, 0) is 18.3 Å². The number of fused-ring (bicyclic) bond motifs is 3. The van der Waals surface area contributed by atoms with Gasteiger partial charge in [0.2, 0.25) is 0 Å². The Morgan fingerprint density at radius 2 is 1.83 bits per heavy atom. The molecule has 3 aliphatic heterocycles. The SMILES string of the molecule is Cc1nc(-c2cn3c(n2)-c2ccc(-c4cnn(C)c4C4CCCN(C5CCOCC5)C4)cc2OCC3)n(C(C)C)n1. The summed E-state index contributed by atoms with van der Waals surface area (Å²) < 4.78 is 18.2. The normalized spacial score (nSPS) is 20.1. The molecule has 41 heavy (non-hydrogen) atoms. The number of hydrogen-bond donors (Lipinski definition) is 0. The molecule has 1 aromatic carbocycles. The maximum Gasteiger partial charge on any atom is 0.178 e. The van der Waals surface area contributed by atoms with Crippen molar-refractivity contribution in [1.82, 2.24) is 39.0 Å². The zero-order chi connectivity index (χ0) is 28.1. The molecule has 10 nitrogen and oxygen atoms in total. The molecule has 0 bridgehead atoms. The first-order valence-corrected chi connectivity index (χ1v) is 15.1. The van der Waals surface area contributed by atoms with Gasteiger partial charge in [0.05, 0.1) is 24.0 Å². The number of nitrogens with zero attached hydrogens (tertiary/aromatic N) is 8. The van der Waals surface area contributed by atoms with Crippen LogP contribution in [0.25, 0.3) is 34.0 Å². The minimum absolute atomic E-state index is 0.201. The number of ether oxygens (including phenoxy) is 2. The topological polar surface area (TPSA) is 88.0 Å². The highest BCUT2D eigenvalue weighted by Crippen LogP contribution is 2.40. The van der Waals surface area contributed by atoms with Crippen molar-refractivity contribution in [1.29, 1.82) is 0 Å². The number of rotatable bonds is 5. The van der Waals surface area contributed by atoms with E-state index in [-0.39, 0.29) is 6.04 Å². The third-order valence-corrected chi connectivity index (χ3v) is 8.89. The second-order valence-corrected chi connectivity index (χ2v) is 12.0. The van der Waals surface area contributed by atoms with Crippen molar-refractivity contribution >= 4 is 0 Å². The summed E-state index contributed by atoms with van der Waals surface area (Å²) in [6.45, 7) is 11.5. The molecule has 0 spiro atoms. The molecule has 7 rings (SSSR count). The van der Waals surface area contributed by atoms with Gasteiger partial charge in [-0.25, -0.2) is 14.6 Å². The Hall–Kier alpha value is -3.50. The van der Waals surface area contributed by atoms with Crippen LogP contribution in [0.15, 0.2) is 30.6 Å². The molecule has 10 heteroatoms. The lowest BCUT2D eigenvalue weighted by atomic mass is 9.88. The van der Waals surface area contributed by atoms with Crippen molar-refractivity contribution in [3.8, 4) is 39.8 Å². The van der Waals surface area contributed by atoms with Gasteiger partial charge in [-0.2, -0.15) is 10.2 Å². The predicted molar refractivity (Wildman–Crippen MR) is 157 cm³/mol. The van der Waals surface area contributed by atoms with E-state index in [1.807, 2.05) is 17.8 Å². The molecule has 0 saturated carbocycles. The molecule has 2 fully saturated rings. The van der Waals surface area contributed by atoms with E-state index in [2.05, 4.69) is 64.5 Å². The summed E-state index contributed by atoms with van der Waals surface area (Å²) in [5.41, 5.74) is 5.50. The standard InChI is InChI=1S/C31H40N8O2/c1-20(2)39-31(33-21(3)35-39)27-19-38-12-15-41-28-16-22(7-8-25(28)30(38)34-27)26-17-32-36(4)29(26)23-6-5-11-37(18-23)24-9-13-40-14-10-24/h7-8,16-17,19-20,23-24H,5-6,9-15,18H2,1-4H3. The number of benzene rings is 1. The highest BCUT2D eigenvalue weighted by atomic mass is 16.5. The van der Waals surface area contributed by atoms with Crippen molar-refractivity contribution in [2.45, 2.75) is 71.0 Å². The summed E-state index contributed by atoms with van der Waals surface area (Å²) >= 11 is 0. The molecule has 6 heterocycles. The number of aromatic nitrogens is 7. The van der Waals surface area contributed by atoms with Gasteiger partial charge in [0, 0.05) is 56.6 Å². The Morgan fingerprint density at radius 1 is 0.976 bits per heavy atom. The Morgan fingerprint density at radius 3 is 2.66 bits per heavy atom. The van der Waals surface area contributed by atoms with Crippen molar-refractivity contribution < 1.29 is 9.47 Å². The fourth-order valence-corrected chi connectivity index (χ4v) is 6.89. The van der Waals surface area contributed by atoms with Gasteiger partial charge in [-0.05, 0) is 70.7 Å². The van der Waals surface area contributed by atoms with E-state index in [0.29, 0.717) is 18.6 Å². The molecule has 0 radical (unpaired) electrons. The Bertz CT molecular complexity index is 1540. The van der Waals surface area contributed by atoms with E-state index in [0.717, 1.165) is 79.2 Å². The van der Waals surface area contributed by atoms with Crippen LogP contribution in [0, 0.1) is 6.92 Å². The summed E-state index contributed by atoms with van der Waals surface area (Å²) in [6.07, 6.45) is 8.79. The lowest BCUT2D eigenvalue weighted by Gasteiger charge is -2.40. The zero-order valence-corrected chi connectivity index (χ0v) is 24.6.